The van der Waals surface area contributed by atoms with Gasteiger partial charge in [-0.25, -0.2) is 5.43 Å². The Kier molecular flexibility index (Phi) is 5.60. The Bertz CT molecular complexity index is 497. The van der Waals surface area contributed by atoms with Crippen LogP contribution in [0.4, 0.5) is 0 Å². The van der Waals surface area contributed by atoms with E-state index in [0.717, 1.165) is 30.7 Å². The molecule has 0 heterocycles. The zero-order chi connectivity index (χ0) is 15.1. The van der Waals surface area contributed by atoms with E-state index >= 15 is 0 Å². The number of ether oxygens (including phenoxy) is 2. The third kappa shape index (κ3) is 5.10. The summed E-state index contributed by atoms with van der Waals surface area (Å²) in [5.74, 6) is 1.80. The number of nitrogens with one attached hydrogen (secondary N) is 1. The number of methoxy groups -OCH3 is 1. The molecule has 0 saturated heterocycles. The van der Waals surface area contributed by atoms with E-state index in [2.05, 4.69) is 17.5 Å². The minimum atomic E-state index is -0.239. The third-order valence-electron chi connectivity index (χ3n) is 3.51. The maximum atomic E-state index is 11.7. The first-order valence-corrected chi connectivity index (χ1v) is 7.28. The molecule has 1 fully saturated rings. The topological polar surface area (TPSA) is 59.9 Å². The number of nitrogens with zero attached hydrogens (tertiary/aromatic N) is 1. The van der Waals surface area contributed by atoms with Gasteiger partial charge in [-0.1, -0.05) is 6.92 Å². The predicted molar refractivity (Wildman–Crippen MR) is 81.7 cm³/mol. The van der Waals surface area contributed by atoms with Crippen molar-refractivity contribution in [3.63, 3.8) is 0 Å². The highest BCUT2D eigenvalue weighted by Crippen LogP contribution is 2.21. The molecule has 5 heteroatoms. The highest BCUT2D eigenvalue weighted by Gasteiger charge is 2.14. The lowest BCUT2D eigenvalue weighted by atomic mass is 9.89. The molecule has 5 nitrogen and oxygen atoms in total. The average molecular weight is 290 g/mol. The lowest BCUT2D eigenvalue weighted by molar-refractivity contribution is -0.123. The Morgan fingerprint density at radius 3 is 2.71 bits per heavy atom. The van der Waals surface area contributed by atoms with Crippen LogP contribution in [-0.2, 0) is 4.79 Å². The molecule has 0 aliphatic heterocycles. The monoisotopic (exact) mass is 290 g/mol. The summed E-state index contributed by atoms with van der Waals surface area (Å²) >= 11 is 0. The molecule has 0 unspecified atom stereocenters. The van der Waals surface area contributed by atoms with Gasteiger partial charge in [-0.15, -0.1) is 0 Å². The maximum absolute atomic E-state index is 11.7. The fourth-order valence-electron chi connectivity index (χ4n) is 2.36. The van der Waals surface area contributed by atoms with Crippen molar-refractivity contribution in [2.75, 3.05) is 13.7 Å². The minimum absolute atomic E-state index is 0.0430. The van der Waals surface area contributed by atoms with Crippen molar-refractivity contribution in [2.45, 2.75) is 32.6 Å². The number of hydrogen-bond donors (Lipinski definition) is 1. The number of rotatable bonds is 5. The first-order valence-electron chi connectivity index (χ1n) is 7.28. The Morgan fingerprint density at radius 2 is 2.05 bits per heavy atom. The standard InChI is InChI=1S/C16H22N2O3/c1-12-4-3-5-13(10-12)17-18-16(19)11-21-15-8-6-14(20-2)7-9-15/h6-9,12H,3-5,10-11H2,1-2H3,(H,18,19)/b17-13-/t12-/m0/s1. The first-order chi connectivity index (χ1) is 10.2. The lowest BCUT2D eigenvalue weighted by Gasteiger charge is -2.18. The second kappa shape index (κ2) is 7.67. The zero-order valence-corrected chi connectivity index (χ0v) is 12.6. The molecule has 1 aromatic rings. The van der Waals surface area contributed by atoms with E-state index < -0.39 is 0 Å². The van der Waals surface area contributed by atoms with Gasteiger partial charge in [0, 0.05) is 5.71 Å². The fraction of sp³-hybridized carbons (Fsp3) is 0.500. The second-order valence-corrected chi connectivity index (χ2v) is 5.38. The molecule has 1 saturated carbocycles. The molecule has 1 aliphatic carbocycles. The largest absolute Gasteiger partial charge is 0.497 e. The van der Waals surface area contributed by atoms with Gasteiger partial charge >= 0.3 is 0 Å². The molecule has 114 valence electrons. The Hall–Kier alpha value is -2.04. The van der Waals surface area contributed by atoms with E-state index in [1.807, 2.05) is 0 Å². The van der Waals surface area contributed by atoms with Crippen molar-refractivity contribution in [1.82, 2.24) is 5.43 Å². The van der Waals surface area contributed by atoms with Crippen LogP contribution in [0.25, 0.3) is 0 Å². The zero-order valence-electron chi connectivity index (χ0n) is 12.6. The van der Waals surface area contributed by atoms with Gasteiger partial charge in [0.05, 0.1) is 7.11 Å². The summed E-state index contributed by atoms with van der Waals surface area (Å²) in [6, 6.07) is 7.11. The summed E-state index contributed by atoms with van der Waals surface area (Å²) in [5, 5.41) is 4.19. The third-order valence-corrected chi connectivity index (χ3v) is 3.51. The summed E-state index contributed by atoms with van der Waals surface area (Å²) < 4.78 is 10.4. The van der Waals surface area contributed by atoms with Gasteiger partial charge in [0.1, 0.15) is 11.5 Å². The van der Waals surface area contributed by atoms with Gasteiger partial charge in [-0.3, -0.25) is 4.79 Å². The van der Waals surface area contributed by atoms with E-state index in [0.29, 0.717) is 11.7 Å². The van der Waals surface area contributed by atoms with Gasteiger partial charge in [0.15, 0.2) is 6.61 Å². The van der Waals surface area contributed by atoms with Gasteiger partial charge in [0.25, 0.3) is 5.91 Å². The SMILES string of the molecule is COc1ccc(OCC(=O)N/N=C2/CCC[C@H](C)C2)cc1. The van der Waals surface area contributed by atoms with Gasteiger partial charge < -0.3 is 9.47 Å². The molecular weight excluding hydrogens is 268 g/mol. The molecule has 1 atom stereocenters. The van der Waals surface area contributed by atoms with Crippen molar-refractivity contribution >= 4 is 11.6 Å². The van der Waals surface area contributed by atoms with Crippen LogP contribution in [0, 0.1) is 5.92 Å². The molecule has 2 rings (SSSR count). The molecule has 0 radical (unpaired) electrons. The van der Waals surface area contributed by atoms with Crippen molar-refractivity contribution in [1.29, 1.82) is 0 Å². The Labute approximate surface area is 125 Å². The molecule has 21 heavy (non-hydrogen) atoms. The number of benzene rings is 1. The molecule has 0 aromatic heterocycles. The summed E-state index contributed by atoms with van der Waals surface area (Å²) in [6.07, 6.45) is 4.34. The van der Waals surface area contributed by atoms with E-state index in [1.165, 1.54) is 6.42 Å². The van der Waals surface area contributed by atoms with Crippen molar-refractivity contribution < 1.29 is 14.3 Å². The van der Waals surface area contributed by atoms with Crippen LogP contribution in [-0.4, -0.2) is 25.3 Å². The van der Waals surface area contributed by atoms with Crippen LogP contribution in [0.15, 0.2) is 29.4 Å². The summed E-state index contributed by atoms with van der Waals surface area (Å²) in [5.41, 5.74) is 3.64. The highest BCUT2D eigenvalue weighted by atomic mass is 16.5. The molecule has 1 aromatic carbocycles. The van der Waals surface area contributed by atoms with Gasteiger partial charge in [-0.05, 0) is 55.9 Å². The lowest BCUT2D eigenvalue weighted by Crippen LogP contribution is -2.27. The van der Waals surface area contributed by atoms with E-state index in [4.69, 9.17) is 9.47 Å². The van der Waals surface area contributed by atoms with Crippen LogP contribution in [0.2, 0.25) is 0 Å². The first kappa shape index (κ1) is 15.4. The predicted octanol–water partition coefficient (Wildman–Crippen LogP) is 2.76. The summed E-state index contributed by atoms with van der Waals surface area (Å²) in [4.78, 5) is 11.7. The van der Waals surface area contributed by atoms with E-state index in [9.17, 15) is 4.79 Å². The van der Waals surface area contributed by atoms with Crippen LogP contribution in [0.3, 0.4) is 0 Å². The normalized spacial score (nSPS) is 20.1. The molecular formula is C16H22N2O3. The van der Waals surface area contributed by atoms with Crippen molar-refractivity contribution in [3.05, 3.63) is 24.3 Å². The van der Waals surface area contributed by atoms with Gasteiger partial charge in [-0.2, -0.15) is 5.10 Å². The summed E-state index contributed by atoms with van der Waals surface area (Å²) in [7, 11) is 1.61. The van der Waals surface area contributed by atoms with Crippen molar-refractivity contribution in [3.8, 4) is 11.5 Å². The molecule has 1 aliphatic rings. The van der Waals surface area contributed by atoms with Crippen molar-refractivity contribution in [2.24, 2.45) is 11.0 Å². The molecule has 1 N–H and O–H groups in total. The van der Waals surface area contributed by atoms with E-state index in [1.54, 1.807) is 31.4 Å². The number of amides is 1. The number of carbonyl (C=O) groups is 1. The Balaban J connectivity index is 1.75. The maximum Gasteiger partial charge on any atom is 0.277 e. The molecule has 1 amide bonds. The summed E-state index contributed by atoms with van der Waals surface area (Å²) in [6.45, 7) is 2.17. The molecule has 0 bridgehead atoms. The number of carbonyl (C=O) groups excluding carboxylic acids is 1. The minimum Gasteiger partial charge on any atom is -0.497 e. The smallest absolute Gasteiger partial charge is 0.277 e. The van der Waals surface area contributed by atoms with Crippen LogP contribution >= 0.6 is 0 Å². The highest BCUT2D eigenvalue weighted by molar-refractivity contribution is 5.87. The van der Waals surface area contributed by atoms with E-state index in [-0.39, 0.29) is 12.5 Å². The van der Waals surface area contributed by atoms with Crippen LogP contribution in [0.5, 0.6) is 11.5 Å². The van der Waals surface area contributed by atoms with Crippen LogP contribution in [0.1, 0.15) is 32.6 Å². The quantitative estimate of drug-likeness (QED) is 0.848. The Morgan fingerprint density at radius 1 is 1.33 bits per heavy atom. The number of hydrazone groups is 1. The van der Waals surface area contributed by atoms with Crippen LogP contribution < -0.4 is 14.9 Å². The fourth-order valence-corrected chi connectivity index (χ4v) is 2.36. The second-order valence-electron chi connectivity index (χ2n) is 5.38. The van der Waals surface area contributed by atoms with Gasteiger partial charge in [0.2, 0.25) is 0 Å². The number of hydrogen-bond acceptors (Lipinski definition) is 4. The average Bonchev–Trinajstić information content (AvgIpc) is 2.51. The molecule has 0 spiro atoms.